The van der Waals surface area contributed by atoms with Crippen LogP contribution in [0.3, 0.4) is 0 Å². The predicted octanol–water partition coefficient (Wildman–Crippen LogP) is 5.78. The molecule has 4 nitrogen and oxygen atoms in total. The minimum atomic E-state index is -4.55. The van der Waals surface area contributed by atoms with Gasteiger partial charge in [0, 0.05) is 18.9 Å². The monoisotopic (exact) mass is 381 g/mol. The lowest BCUT2D eigenvalue weighted by molar-refractivity contribution is -0.137. The standard InChI is InChI=1S/C20H26F3N3O/c1-4-6-9-13-27-19-24-14-16(20(21,22)23)18(25-19)26(3)17-12-8-7-11-15(17)10-5-2/h7-8,11-12,14H,4-6,9-10,13H2,1-3H3. The molecule has 0 aliphatic rings. The van der Waals surface area contributed by atoms with Crippen LogP contribution in [0.2, 0.25) is 0 Å². The van der Waals surface area contributed by atoms with Crippen LogP contribution in [0.1, 0.15) is 50.7 Å². The van der Waals surface area contributed by atoms with E-state index in [-0.39, 0.29) is 11.8 Å². The SMILES string of the molecule is CCCCCOc1ncc(C(F)(F)F)c(N(C)c2ccccc2CCC)n1. The molecule has 0 aliphatic heterocycles. The number of aromatic nitrogens is 2. The molecule has 2 rings (SSSR count). The number of ether oxygens (including phenoxy) is 1. The number of unbranched alkanes of at least 4 members (excludes halogenated alkanes) is 2. The summed E-state index contributed by atoms with van der Waals surface area (Å²) in [6, 6.07) is 7.38. The highest BCUT2D eigenvalue weighted by atomic mass is 19.4. The van der Waals surface area contributed by atoms with E-state index in [0.717, 1.165) is 43.9 Å². The molecule has 0 aliphatic carbocycles. The Labute approximate surface area is 158 Å². The Bertz CT molecular complexity index is 735. The fourth-order valence-corrected chi connectivity index (χ4v) is 2.83. The van der Waals surface area contributed by atoms with Gasteiger partial charge in [-0.25, -0.2) is 4.98 Å². The average molecular weight is 381 g/mol. The van der Waals surface area contributed by atoms with Gasteiger partial charge in [-0.15, -0.1) is 0 Å². The van der Waals surface area contributed by atoms with Crippen molar-refractivity contribution in [3.63, 3.8) is 0 Å². The normalized spacial score (nSPS) is 11.5. The van der Waals surface area contributed by atoms with Crippen molar-refractivity contribution in [3.8, 4) is 6.01 Å². The minimum absolute atomic E-state index is 0.0334. The summed E-state index contributed by atoms with van der Waals surface area (Å²) in [6.45, 7) is 4.48. The van der Waals surface area contributed by atoms with Crippen molar-refractivity contribution in [1.82, 2.24) is 9.97 Å². The summed E-state index contributed by atoms with van der Waals surface area (Å²) in [5, 5.41) is 0. The van der Waals surface area contributed by atoms with Crippen molar-refractivity contribution in [2.24, 2.45) is 0 Å². The van der Waals surface area contributed by atoms with Gasteiger partial charge >= 0.3 is 12.2 Å². The summed E-state index contributed by atoms with van der Waals surface area (Å²) in [7, 11) is 1.59. The first-order valence-electron chi connectivity index (χ1n) is 9.27. The Balaban J connectivity index is 2.39. The summed E-state index contributed by atoms with van der Waals surface area (Å²) in [5.74, 6) is -0.202. The van der Waals surface area contributed by atoms with E-state index in [1.165, 1.54) is 4.90 Å². The second kappa shape index (κ2) is 9.58. The van der Waals surface area contributed by atoms with E-state index in [1.807, 2.05) is 25.1 Å². The van der Waals surface area contributed by atoms with Gasteiger partial charge < -0.3 is 9.64 Å². The fraction of sp³-hybridized carbons (Fsp3) is 0.500. The molecule has 0 fully saturated rings. The third kappa shape index (κ3) is 5.58. The van der Waals surface area contributed by atoms with E-state index in [4.69, 9.17) is 4.74 Å². The van der Waals surface area contributed by atoms with E-state index in [2.05, 4.69) is 16.9 Å². The predicted molar refractivity (Wildman–Crippen MR) is 101 cm³/mol. The molecule has 27 heavy (non-hydrogen) atoms. The van der Waals surface area contributed by atoms with Crippen LogP contribution in [0, 0.1) is 0 Å². The lowest BCUT2D eigenvalue weighted by Gasteiger charge is -2.24. The van der Waals surface area contributed by atoms with Crippen molar-refractivity contribution >= 4 is 11.5 Å². The van der Waals surface area contributed by atoms with E-state index in [1.54, 1.807) is 13.1 Å². The highest BCUT2D eigenvalue weighted by Gasteiger charge is 2.37. The molecule has 0 N–H and O–H groups in total. The van der Waals surface area contributed by atoms with Gasteiger partial charge in [-0.05, 0) is 24.5 Å². The molecule has 1 aromatic heterocycles. The summed E-state index contributed by atoms with van der Waals surface area (Å²) in [6.07, 6.45) is 0.739. The van der Waals surface area contributed by atoms with Gasteiger partial charge in [-0.1, -0.05) is 51.3 Å². The largest absolute Gasteiger partial charge is 0.463 e. The van der Waals surface area contributed by atoms with Gasteiger partial charge in [0.25, 0.3) is 0 Å². The molecule has 0 saturated carbocycles. The van der Waals surface area contributed by atoms with E-state index < -0.39 is 11.7 Å². The third-order valence-corrected chi connectivity index (χ3v) is 4.22. The Morgan fingerprint density at radius 3 is 2.48 bits per heavy atom. The molecule has 0 saturated heterocycles. The zero-order chi connectivity index (χ0) is 19.9. The van der Waals surface area contributed by atoms with Crippen molar-refractivity contribution in [2.45, 2.75) is 52.1 Å². The number of nitrogens with zero attached hydrogens (tertiary/aromatic N) is 3. The van der Waals surface area contributed by atoms with Gasteiger partial charge in [0.1, 0.15) is 5.56 Å². The molecular weight excluding hydrogens is 355 g/mol. The van der Waals surface area contributed by atoms with Crippen LogP contribution >= 0.6 is 0 Å². The number of rotatable bonds is 9. The Kier molecular flexibility index (Phi) is 7.45. The molecule has 148 valence electrons. The third-order valence-electron chi connectivity index (χ3n) is 4.22. The molecule has 1 aromatic carbocycles. The Hall–Kier alpha value is -2.31. The van der Waals surface area contributed by atoms with Gasteiger partial charge in [0.05, 0.1) is 6.61 Å². The summed E-state index contributed by atoms with van der Waals surface area (Å²) in [4.78, 5) is 9.31. The zero-order valence-electron chi connectivity index (χ0n) is 16.0. The molecule has 2 aromatic rings. The highest BCUT2D eigenvalue weighted by Crippen LogP contribution is 2.38. The number of aryl methyl sites for hydroxylation is 1. The van der Waals surface area contributed by atoms with Crippen molar-refractivity contribution in [3.05, 3.63) is 41.6 Å². The van der Waals surface area contributed by atoms with E-state index in [0.29, 0.717) is 12.3 Å². The first kappa shape index (κ1) is 21.0. The Morgan fingerprint density at radius 2 is 1.81 bits per heavy atom. The van der Waals surface area contributed by atoms with Crippen LogP contribution in [-0.4, -0.2) is 23.6 Å². The minimum Gasteiger partial charge on any atom is -0.463 e. The van der Waals surface area contributed by atoms with Gasteiger partial charge in [0.2, 0.25) is 0 Å². The maximum atomic E-state index is 13.5. The lowest BCUT2D eigenvalue weighted by Crippen LogP contribution is -2.20. The molecular formula is C20H26F3N3O. The van der Waals surface area contributed by atoms with Crippen LogP contribution in [0.15, 0.2) is 30.5 Å². The second-order valence-electron chi connectivity index (χ2n) is 6.38. The first-order valence-corrected chi connectivity index (χ1v) is 9.27. The van der Waals surface area contributed by atoms with Crippen LogP contribution in [-0.2, 0) is 12.6 Å². The molecule has 7 heteroatoms. The number of alkyl halides is 3. The van der Waals surface area contributed by atoms with Crippen LogP contribution in [0.4, 0.5) is 24.7 Å². The van der Waals surface area contributed by atoms with Gasteiger partial charge in [-0.3, -0.25) is 0 Å². The Morgan fingerprint density at radius 1 is 1.07 bits per heavy atom. The number of benzene rings is 1. The fourth-order valence-electron chi connectivity index (χ4n) is 2.83. The van der Waals surface area contributed by atoms with E-state index in [9.17, 15) is 13.2 Å². The summed E-state index contributed by atoms with van der Waals surface area (Å²) in [5.41, 5.74) is 0.789. The molecule has 0 amide bonds. The average Bonchev–Trinajstić information content (AvgIpc) is 2.64. The van der Waals surface area contributed by atoms with Crippen molar-refractivity contribution in [1.29, 1.82) is 0 Å². The number of hydrogen-bond donors (Lipinski definition) is 0. The van der Waals surface area contributed by atoms with Crippen LogP contribution < -0.4 is 9.64 Å². The quantitative estimate of drug-likeness (QED) is 0.516. The number of anilines is 2. The molecule has 0 bridgehead atoms. The number of halogens is 3. The van der Waals surface area contributed by atoms with Gasteiger partial charge in [-0.2, -0.15) is 18.2 Å². The highest BCUT2D eigenvalue weighted by molar-refractivity contribution is 5.66. The number of para-hydroxylation sites is 1. The second-order valence-corrected chi connectivity index (χ2v) is 6.38. The van der Waals surface area contributed by atoms with Crippen LogP contribution in [0.25, 0.3) is 0 Å². The summed E-state index contributed by atoms with van der Waals surface area (Å²) >= 11 is 0. The number of hydrogen-bond acceptors (Lipinski definition) is 4. The maximum Gasteiger partial charge on any atom is 0.421 e. The first-order chi connectivity index (χ1) is 12.9. The molecule has 0 radical (unpaired) electrons. The smallest absolute Gasteiger partial charge is 0.421 e. The van der Waals surface area contributed by atoms with Gasteiger partial charge in [0.15, 0.2) is 5.82 Å². The molecule has 1 heterocycles. The molecule has 0 unspecified atom stereocenters. The van der Waals surface area contributed by atoms with E-state index >= 15 is 0 Å². The van der Waals surface area contributed by atoms with Crippen LogP contribution in [0.5, 0.6) is 6.01 Å². The molecule has 0 spiro atoms. The molecule has 0 atom stereocenters. The summed E-state index contributed by atoms with van der Waals surface area (Å²) < 4.78 is 46.0. The van der Waals surface area contributed by atoms with Crippen molar-refractivity contribution in [2.75, 3.05) is 18.6 Å². The zero-order valence-corrected chi connectivity index (χ0v) is 16.0. The topological polar surface area (TPSA) is 38.2 Å². The lowest BCUT2D eigenvalue weighted by atomic mass is 10.1. The maximum absolute atomic E-state index is 13.5. The van der Waals surface area contributed by atoms with Crippen molar-refractivity contribution < 1.29 is 17.9 Å².